The number of pyridine rings is 1. The number of nitrogens with zero attached hydrogens (tertiary/aromatic N) is 2. The first-order valence-corrected chi connectivity index (χ1v) is 8.38. The number of rotatable bonds is 4. The van der Waals surface area contributed by atoms with Crippen molar-refractivity contribution in [1.82, 2.24) is 20.2 Å². The van der Waals surface area contributed by atoms with Gasteiger partial charge in [-0.25, -0.2) is 4.98 Å². The molecule has 1 amide bonds. The minimum Gasteiger partial charge on any atom is -0.350 e. The number of hydrogen-bond donors (Lipinski definition) is 2. The second kappa shape index (κ2) is 7.34. The number of hydrogen-bond acceptors (Lipinski definition) is 3. The van der Waals surface area contributed by atoms with Gasteiger partial charge in [-0.3, -0.25) is 9.36 Å². The van der Waals surface area contributed by atoms with Gasteiger partial charge in [-0.1, -0.05) is 23.2 Å². The zero-order valence-corrected chi connectivity index (χ0v) is 14.1. The Kier molecular flexibility index (Phi) is 5.20. The third-order valence-corrected chi connectivity index (χ3v) is 4.49. The largest absolute Gasteiger partial charge is 0.350 e. The summed E-state index contributed by atoms with van der Waals surface area (Å²) in [6.45, 7) is 2.72. The summed E-state index contributed by atoms with van der Waals surface area (Å²) < 4.78 is 1.68. The van der Waals surface area contributed by atoms with E-state index in [-0.39, 0.29) is 5.91 Å². The van der Waals surface area contributed by atoms with Gasteiger partial charge in [-0.05, 0) is 50.0 Å². The number of amides is 1. The average Bonchev–Trinajstić information content (AvgIpc) is 3.03. The highest BCUT2D eigenvalue weighted by Crippen LogP contribution is 2.23. The first-order valence-electron chi connectivity index (χ1n) is 7.63. The quantitative estimate of drug-likeness (QED) is 0.889. The molecule has 1 aliphatic rings. The zero-order chi connectivity index (χ0) is 16.2. The van der Waals surface area contributed by atoms with Crippen LogP contribution in [0.4, 0.5) is 0 Å². The van der Waals surface area contributed by atoms with E-state index < -0.39 is 0 Å². The van der Waals surface area contributed by atoms with Gasteiger partial charge < -0.3 is 10.6 Å². The van der Waals surface area contributed by atoms with E-state index in [0.717, 1.165) is 25.9 Å². The molecule has 2 N–H and O–H groups in total. The molecule has 23 heavy (non-hydrogen) atoms. The Balaban J connectivity index is 1.73. The van der Waals surface area contributed by atoms with E-state index in [2.05, 4.69) is 15.6 Å². The van der Waals surface area contributed by atoms with Gasteiger partial charge in [-0.15, -0.1) is 0 Å². The molecule has 3 rings (SSSR count). The van der Waals surface area contributed by atoms with E-state index in [4.69, 9.17) is 23.2 Å². The summed E-state index contributed by atoms with van der Waals surface area (Å²) in [6.07, 6.45) is 5.46. The van der Waals surface area contributed by atoms with Crippen molar-refractivity contribution in [3.8, 4) is 5.82 Å². The molecule has 7 heteroatoms. The van der Waals surface area contributed by atoms with Crippen molar-refractivity contribution in [2.45, 2.75) is 12.8 Å². The maximum absolute atomic E-state index is 12.5. The lowest BCUT2D eigenvalue weighted by Gasteiger charge is -2.22. The van der Waals surface area contributed by atoms with E-state index in [1.807, 2.05) is 0 Å². The Labute approximate surface area is 145 Å². The van der Waals surface area contributed by atoms with Gasteiger partial charge in [0.2, 0.25) is 0 Å². The van der Waals surface area contributed by atoms with E-state index in [9.17, 15) is 4.79 Å². The molecule has 1 saturated heterocycles. The molecule has 2 aromatic rings. The molecule has 0 spiro atoms. The van der Waals surface area contributed by atoms with Gasteiger partial charge in [0.15, 0.2) is 5.82 Å². The van der Waals surface area contributed by atoms with Crippen molar-refractivity contribution in [1.29, 1.82) is 0 Å². The molecule has 0 bridgehead atoms. The second-order valence-electron chi connectivity index (χ2n) is 5.63. The summed E-state index contributed by atoms with van der Waals surface area (Å²) in [6, 6.07) is 5.17. The normalized spacial score (nSPS) is 15.6. The van der Waals surface area contributed by atoms with Crippen LogP contribution >= 0.6 is 23.2 Å². The monoisotopic (exact) mass is 352 g/mol. The van der Waals surface area contributed by atoms with Crippen LogP contribution in [-0.2, 0) is 0 Å². The van der Waals surface area contributed by atoms with Crippen LogP contribution in [0.3, 0.4) is 0 Å². The standard InChI is InChI=1S/C16H18Cl2N4O/c17-12-8-13(18)15(20-10-12)22-7-1-2-14(22)16(23)21-9-11-3-5-19-6-4-11/h1-2,7-8,10-11,19H,3-6,9H2,(H,21,23). The third kappa shape index (κ3) is 3.86. The molecule has 3 heterocycles. The molecule has 1 fully saturated rings. The van der Waals surface area contributed by atoms with Crippen LogP contribution in [0.2, 0.25) is 10.0 Å². The summed E-state index contributed by atoms with van der Waals surface area (Å²) in [5.41, 5.74) is 0.510. The Morgan fingerprint density at radius 1 is 1.39 bits per heavy atom. The first-order chi connectivity index (χ1) is 11.1. The molecular weight excluding hydrogens is 335 g/mol. The van der Waals surface area contributed by atoms with Gasteiger partial charge in [0.1, 0.15) is 5.69 Å². The maximum atomic E-state index is 12.5. The predicted octanol–water partition coefficient (Wildman–Crippen LogP) is 2.91. The molecule has 1 aliphatic heterocycles. The van der Waals surface area contributed by atoms with Crippen molar-refractivity contribution in [2.75, 3.05) is 19.6 Å². The third-order valence-electron chi connectivity index (χ3n) is 4.01. The number of aromatic nitrogens is 2. The highest BCUT2D eigenvalue weighted by Gasteiger charge is 2.18. The SMILES string of the molecule is O=C(NCC1CCNCC1)c1cccn1-c1ncc(Cl)cc1Cl. The van der Waals surface area contributed by atoms with Gasteiger partial charge in [-0.2, -0.15) is 0 Å². The van der Waals surface area contributed by atoms with Crippen molar-refractivity contribution in [3.05, 3.63) is 46.3 Å². The molecular formula is C16H18Cl2N4O. The van der Waals surface area contributed by atoms with E-state index in [1.54, 1.807) is 29.0 Å². The zero-order valence-electron chi connectivity index (χ0n) is 12.6. The second-order valence-corrected chi connectivity index (χ2v) is 6.47. The summed E-state index contributed by atoms with van der Waals surface area (Å²) >= 11 is 12.1. The van der Waals surface area contributed by atoms with Crippen LogP contribution in [-0.4, -0.2) is 35.1 Å². The molecule has 0 atom stereocenters. The Bertz CT molecular complexity index is 695. The van der Waals surface area contributed by atoms with Crippen LogP contribution in [0.1, 0.15) is 23.3 Å². The molecule has 0 radical (unpaired) electrons. The van der Waals surface area contributed by atoms with E-state index in [1.165, 1.54) is 6.20 Å². The summed E-state index contributed by atoms with van der Waals surface area (Å²) in [4.78, 5) is 16.7. The summed E-state index contributed by atoms with van der Waals surface area (Å²) in [7, 11) is 0. The van der Waals surface area contributed by atoms with Crippen LogP contribution in [0.5, 0.6) is 0 Å². The summed E-state index contributed by atoms with van der Waals surface area (Å²) in [5.74, 6) is 0.898. The fourth-order valence-electron chi connectivity index (χ4n) is 2.75. The number of halogens is 2. The Morgan fingerprint density at radius 2 is 2.17 bits per heavy atom. The summed E-state index contributed by atoms with van der Waals surface area (Å²) in [5, 5.41) is 7.20. The van der Waals surface area contributed by atoms with Crippen LogP contribution < -0.4 is 10.6 Å². The van der Waals surface area contributed by atoms with Crippen molar-refractivity contribution >= 4 is 29.1 Å². The fourth-order valence-corrected chi connectivity index (χ4v) is 3.22. The fraction of sp³-hybridized carbons (Fsp3) is 0.375. The van der Waals surface area contributed by atoms with Crippen LogP contribution in [0, 0.1) is 5.92 Å². The smallest absolute Gasteiger partial charge is 0.268 e. The maximum Gasteiger partial charge on any atom is 0.268 e. The van der Waals surface area contributed by atoms with E-state index in [0.29, 0.717) is 34.0 Å². The van der Waals surface area contributed by atoms with Gasteiger partial charge in [0, 0.05) is 18.9 Å². The van der Waals surface area contributed by atoms with E-state index >= 15 is 0 Å². The molecule has 0 aromatic carbocycles. The van der Waals surface area contributed by atoms with Gasteiger partial charge >= 0.3 is 0 Å². The lowest BCUT2D eigenvalue weighted by atomic mass is 9.98. The predicted molar refractivity (Wildman–Crippen MR) is 91.5 cm³/mol. The van der Waals surface area contributed by atoms with Crippen molar-refractivity contribution in [2.24, 2.45) is 5.92 Å². The first kappa shape index (κ1) is 16.3. The molecule has 0 aliphatic carbocycles. The number of carbonyl (C=O) groups is 1. The van der Waals surface area contributed by atoms with Crippen LogP contribution in [0.25, 0.3) is 5.82 Å². The minimum atomic E-state index is -0.124. The minimum absolute atomic E-state index is 0.124. The molecule has 5 nitrogen and oxygen atoms in total. The highest BCUT2D eigenvalue weighted by molar-refractivity contribution is 6.35. The molecule has 0 unspecified atom stereocenters. The number of piperidine rings is 1. The van der Waals surface area contributed by atoms with Crippen molar-refractivity contribution < 1.29 is 4.79 Å². The highest BCUT2D eigenvalue weighted by atomic mass is 35.5. The van der Waals surface area contributed by atoms with Crippen LogP contribution in [0.15, 0.2) is 30.6 Å². The van der Waals surface area contributed by atoms with Gasteiger partial charge in [0.05, 0.1) is 10.0 Å². The lowest BCUT2D eigenvalue weighted by molar-refractivity contribution is 0.0937. The topological polar surface area (TPSA) is 59.0 Å². The van der Waals surface area contributed by atoms with Gasteiger partial charge in [0.25, 0.3) is 5.91 Å². The molecule has 2 aromatic heterocycles. The molecule has 122 valence electrons. The lowest BCUT2D eigenvalue weighted by Crippen LogP contribution is -2.36. The van der Waals surface area contributed by atoms with Crippen molar-refractivity contribution in [3.63, 3.8) is 0 Å². The average molecular weight is 353 g/mol. The Morgan fingerprint density at radius 3 is 2.91 bits per heavy atom. The number of carbonyl (C=O) groups excluding carboxylic acids is 1. The molecule has 0 saturated carbocycles. The number of nitrogens with one attached hydrogen (secondary N) is 2. The Hall–Kier alpha value is -1.56.